The van der Waals surface area contributed by atoms with Crippen LogP contribution in [0.15, 0.2) is 96.0 Å². The highest BCUT2D eigenvalue weighted by molar-refractivity contribution is 9.10. The van der Waals surface area contributed by atoms with Gasteiger partial charge in [-0.1, -0.05) is 77.1 Å². The number of rotatable bonds is 10. The van der Waals surface area contributed by atoms with E-state index in [1.165, 1.54) is 0 Å². The van der Waals surface area contributed by atoms with Crippen molar-refractivity contribution >= 4 is 38.6 Å². The molecule has 3 aliphatic carbocycles. The topological polar surface area (TPSA) is 91.3 Å². The highest BCUT2D eigenvalue weighted by Crippen LogP contribution is 2.58. The van der Waals surface area contributed by atoms with Crippen LogP contribution in [0.25, 0.3) is 10.8 Å². The smallest absolute Gasteiger partial charge is 0.330 e. The van der Waals surface area contributed by atoms with Crippen LogP contribution in [0.2, 0.25) is 0 Å². The van der Waals surface area contributed by atoms with Crippen molar-refractivity contribution in [3.05, 3.63) is 118 Å². The van der Waals surface area contributed by atoms with E-state index in [9.17, 15) is 14.7 Å². The predicted molar refractivity (Wildman–Crippen MR) is 161 cm³/mol. The van der Waals surface area contributed by atoms with Gasteiger partial charge < -0.3 is 24.1 Å². The molecule has 1 N–H and O–H groups in total. The fourth-order valence-electron chi connectivity index (χ4n) is 6.17. The molecule has 0 radical (unpaired) electrons. The van der Waals surface area contributed by atoms with Crippen LogP contribution in [-0.4, -0.2) is 43.5 Å². The summed E-state index contributed by atoms with van der Waals surface area (Å²) < 4.78 is 23.4. The first kappa shape index (κ1) is 28.0. The van der Waals surface area contributed by atoms with Crippen molar-refractivity contribution in [1.29, 1.82) is 0 Å². The predicted octanol–water partition coefficient (Wildman–Crippen LogP) is 6.03. The van der Waals surface area contributed by atoms with Crippen LogP contribution in [0.4, 0.5) is 0 Å². The Morgan fingerprint density at radius 1 is 0.833 bits per heavy atom. The number of hydrogen-bond acceptors (Lipinski definition) is 7. The summed E-state index contributed by atoms with van der Waals surface area (Å²) in [6, 6.07) is 24.9. The summed E-state index contributed by atoms with van der Waals surface area (Å²) in [5, 5.41) is 13.8. The molecule has 3 atom stereocenters. The third-order valence-corrected chi connectivity index (χ3v) is 8.48. The van der Waals surface area contributed by atoms with Gasteiger partial charge in [-0.3, -0.25) is 4.79 Å². The van der Waals surface area contributed by atoms with Crippen molar-refractivity contribution in [1.82, 2.24) is 0 Å². The molecule has 0 fully saturated rings. The molecule has 3 unspecified atom stereocenters. The standard InChI is InChI=1S/C34H29BrO7/c1-2-32(36)41-17-15-39-30-13-14-31(24-9-4-3-8-23(24)30)40-16-18-42-33(37)29-20-25-22-7-5-6-10-27(22)34(29,38)28-12-11-21(35)19-26(25)28/h2-14,19,25,29,38H,1,15-18,20H2. The molecule has 8 heteroatoms. The molecule has 0 saturated carbocycles. The molecular formula is C34H29BrO7. The van der Waals surface area contributed by atoms with E-state index in [0.717, 1.165) is 43.6 Å². The lowest BCUT2D eigenvalue weighted by Crippen LogP contribution is -2.50. The van der Waals surface area contributed by atoms with Gasteiger partial charge in [0, 0.05) is 27.2 Å². The van der Waals surface area contributed by atoms with E-state index in [-0.39, 0.29) is 32.3 Å². The number of ether oxygens (including phenoxy) is 4. The fraction of sp³-hybridized carbons (Fsp3) is 0.235. The maximum absolute atomic E-state index is 13.4. The van der Waals surface area contributed by atoms with E-state index >= 15 is 0 Å². The Labute approximate surface area is 251 Å². The Morgan fingerprint density at radius 2 is 1.45 bits per heavy atom. The third kappa shape index (κ3) is 4.95. The van der Waals surface area contributed by atoms with Gasteiger partial charge in [0.25, 0.3) is 0 Å². The van der Waals surface area contributed by atoms with E-state index in [4.69, 9.17) is 18.9 Å². The maximum Gasteiger partial charge on any atom is 0.330 e. The first-order valence-corrected chi connectivity index (χ1v) is 14.6. The molecule has 214 valence electrons. The molecule has 4 aromatic carbocycles. The maximum atomic E-state index is 13.4. The first-order valence-electron chi connectivity index (χ1n) is 13.8. The van der Waals surface area contributed by atoms with Crippen molar-refractivity contribution in [3.8, 4) is 11.5 Å². The second kappa shape index (κ2) is 11.6. The number of fused-ring (bicyclic) bond motifs is 2. The zero-order chi connectivity index (χ0) is 29.3. The molecule has 0 saturated heterocycles. The molecule has 42 heavy (non-hydrogen) atoms. The minimum absolute atomic E-state index is 0.00217. The summed E-state index contributed by atoms with van der Waals surface area (Å²) in [5.74, 6) is -0.421. The van der Waals surface area contributed by atoms with Crippen LogP contribution >= 0.6 is 15.9 Å². The van der Waals surface area contributed by atoms with Gasteiger partial charge in [0.05, 0.1) is 5.92 Å². The second-order valence-corrected chi connectivity index (χ2v) is 11.2. The average molecular weight is 630 g/mol. The van der Waals surface area contributed by atoms with E-state index in [2.05, 4.69) is 22.5 Å². The van der Waals surface area contributed by atoms with Crippen LogP contribution in [-0.2, 0) is 24.7 Å². The molecule has 7 rings (SSSR count). The Hall–Kier alpha value is -4.14. The molecule has 0 aliphatic heterocycles. The molecule has 4 aromatic rings. The SMILES string of the molecule is C=CC(=O)OCCOc1ccc(OCCOC(=O)C2CC3c4ccccc4C2(O)c2ccc(Br)cc23)c2ccccc12. The highest BCUT2D eigenvalue weighted by atomic mass is 79.9. The van der Waals surface area contributed by atoms with Crippen molar-refractivity contribution in [2.75, 3.05) is 26.4 Å². The molecule has 2 bridgehead atoms. The number of esters is 2. The van der Waals surface area contributed by atoms with Crippen LogP contribution in [0.1, 0.15) is 34.6 Å². The molecule has 7 nitrogen and oxygen atoms in total. The number of carbonyl (C=O) groups excluding carboxylic acids is 2. The van der Waals surface area contributed by atoms with E-state index < -0.39 is 23.5 Å². The molecule has 0 heterocycles. The Morgan fingerprint density at radius 3 is 2.14 bits per heavy atom. The van der Waals surface area contributed by atoms with Crippen LogP contribution in [0.3, 0.4) is 0 Å². The lowest BCUT2D eigenvalue weighted by atomic mass is 9.56. The highest BCUT2D eigenvalue weighted by Gasteiger charge is 2.56. The summed E-state index contributed by atoms with van der Waals surface area (Å²) >= 11 is 3.55. The quantitative estimate of drug-likeness (QED) is 0.130. The van der Waals surface area contributed by atoms with Crippen LogP contribution in [0.5, 0.6) is 11.5 Å². The van der Waals surface area contributed by atoms with Crippen LogP contribution < -0.4 is 9.47 Å². The van der Waals surface area contributed by atoms with Crippen molar-refractivity contribution in [2.24, 2.45) is 5.92 Å². The van der Waals surface area contributed by atoms with Crippen molar-refractivity contribution in [3.63, 3.8) is 0 Å². The van der Waals surface area contributed by atoms with Crippen molar-refractivity contribution < 1.29 is 33.6 Å². The van der Waals surface area contributed by atoms with Gasteiger partial charge in [0.2, 0.25) is 0 Å². The molecule has 0 spiro atoms. The van der Waals surface area contributed by atoms with Gasteiger partial charge in [-0.05, 0) is 52.9 Å². The van der Waals surface area contributed by atoms with Gasteiger partial charge >= 0.3 is 11.9 Å². The number of benzene rings is 4. The second-order valence-electron chi connectivity index (χ2n) is 10.3. The lowest BCUT2D eigenvalue weighted by Gasteiger charge is -2.50. The number of halogens is 1. The van der Waals surface area contributed by atoms with Crippen molar-refractivity contribution in [2.45, 2.75) is 17.9 Å². The molecule has 0 aromatic heterocycles. The van der Waals surface area contributed by atoms with Gasteiger partial charge in [0.15, 0.2) is 0 Å². The Kier molecular flexibility index (Phi) is 7.75. The normalized spacial score (nSPS) is 19.9. The summed E-state index contributed by atoms with van der Waals surface area (Å²) in [4.78, 5) is 24.7. The fourth-order valence-corrected chi connectivity index (χ4v) is 6.55. The summed E-state index contributed by atoms with van der Waals surface area (Å²) in [6.07, 6.45) is 1.58. The van der Waals surface area contributed by atoms with E-state index in [1.807, 2.05) is 66.7 Å². The number of aliphatic hydroxyl groups is 1. The summed E-state index contributed by atoms with van der Waals surface area (Å²) in [7, 11) is 0. The van der Waals surface area contributed by atoms with Crippen LogP contribution in [0, 0.1) is 5.92 Å². The Balaban J connectivity index is 1.12. The summed E-state index contributed by atoms with van der Waals surface area (Å²) in [6.45, 7) is 3.85. The van der Waals surface area contributed by atoms with E-state index in [0.29, 0.717) is 17.9 Å². The zero-order valence-electron chi connectivity index (χ0n) is 22.8. The monoisotopic (exact) mass is 628 g/mol. The average Bonchev–Trinajstić information content (AvgIpc) is 3.01. The molecule has 0 amide bonds. The minimum Gasteiger partial charge on any atom is -0.489 e. The minimum atomic E-state index is -1.46. The Bertz CT molecular complexity index is 1680. The molecule has 3 aliphatic rings. The number of carbonyl (C=O) groups is 2. The van der Waals surface area contributed by atoms with Gasteiger partial charge in [0.1, 0.15) is 43.5 Å². The van der Waals surface area contributed by atoms with Gasteiger partial charge in [-0.15, -0.1) is 0 Å². The zero-order valence-corrected chi connectivity index (χ0v) is 24.3. The lowest BCUT2D eigenvalue weighted by molar-refractivity contribution is -0.160. The van der Waals surface area contributed by atoms with E-state index in [1.54, 1.807) is 12.1 Å². The summed E-state index contributed by atoms with van der Waals surface area (Å²) in [5.41, 5.74) is 2.15. The number of hydrogen-bond donors (Lipinski definition) is 1. The third-order valence-electron chi connectivity index (χ3n) is 7.99. The largest absolute Gasteiger partial charge is 0.489 e. The first-order chi connectivity index (χ1) is 20.4. The van der Waals surface area contributed by atoms with Gasteiger partial charge in [-0.2, -0.15) is 0 Å². The van der Waals surface area contributed by atoms with Gasteiger partial charge in [-0.25, -0.2) is 4.79 Å². The molecular weight excluding hydrogens is 600 g/mol.